The van der Waals surface area contributed by atoms with Crippen molar-refractivity contribution >= 4 is 29.3 Å². The average molecular weight is 519 g/mol. The number of hydrogen-bond acceptors (Lipinski definition) is 5. The molecule has 0 saturated heterocycles. The van der Waals surface area contributed by atoms with Crippen LogP contribution in [-0.2, 0) is 22.5 Å². The number of carbonyl (C=O) groups is 2. The van der Waals surface area contributed by atoms with Crippen molar-refractivity contribution in [2.24, 2.45) is 0 Å². The Morgan fingerprint density at radius 1 is 0.973 bits per heavy atom. The summed E-state index contributed by atoms with van der Waals surface area (Å²) in [6.45, 7) is 4.88. The zero-order valence-corrected chi connectivity index (χ0v) is 23.1. The van der Waals surface area contributed by atoms with Gasteiger partial charge in [-0.15, -0.1) is 0 Å². The molecule has 0 aromatic heterocycles. The number of anilines is 1. The van der Waals surface area contributed by atoms with Crippen LogP contribution in [0.3, 0.4) is 0 Å². The predicted octanol–water partition coefficient (Wildman–Crippen LogP) is 6.64. The minimum Gasteiger partial charge on any atom is -0.467 e. The van der Waals surface area contributed by atoms with Gasteiger partial charge in [-0.05, 0) is 90.3 Å². The van der Waals surface area contributed by atoms with Crippen LogP contribution >= 0.6 is 11.8 Å². The number of esters is 1. The van der Waals surface area contributed by atoms with Crippen LogP contribution < -0.4 is 10.6 Å². The van der Waals surface area contributed by atoms with Crippen molar-refractivity contribution in [3.63, 3.8) is 0 Å². The number of aryl methyl sites for hydroxylation is 2. The predicted molar refractivity (Wildman–Crippen MR) is 155 cm³/mol. The summed E-state index contributed by atoms with van der Waals surface area (Å²) in [5.74, 6) is 0.0350. The third-order valence-corrected chi connectivity index (χ3v) is 7.08. The fourth-order valence-electron chi connectivity index (χ4n) is 4.23. The van der Waals surface area contributed by atoms with Gasteiger partial charge in [0.05, 0.1) is 7.11 Å². The number of thioether (sulfide) groups is 1. The maximum Gasteiger partial charge on any atom is 0.328 e. The second-order valence-corrected chi connectivity index (χ2v) is 10.2. The molecule has 0 aliphatic rings. The van der Waals surface area contributed by atoms with Gasteiger partial charge in [-0.2, -0.15) is 11.8 Å². The number of nitrogens with one attached hydrogen (secondary N) is 2. The van der Waals surface area contributed by atoms with Crippen LogP contribution in [0, 0.1) is 6.92 Å². The van der Waals surface area contributed by atoms with Gasteiger partial charge in [-0.1, -0.05) is 55.8 Å². The number of benzene rings is 3. The Hall–Kier alpha value is -3.25. The molecular weight excluding hydrogens is 480 g/mol. The van der Waals surface area contributed by atoms with E-state index in [1.165, 1.54) is 25.5 Å². The van der Waals surface area contributed by atoms with Gasteiger partial charge in [0.1, 0.15) is 6.04 Å². The first-order valence-electron chi connectivity index (χ1n) is 12.9. The Bertz CT molecular complexity index is 1180. The van der Waals surface area contributed by atoms with Gasteiger partial charge in [0.15, 0.2) is 0 Å². The number of methoxy groups -OCH3 is 1. The summed E-state index contributed by atoms with van der Waals surface area (Å²) < 4.78 is 4.93. The lowest BCUT2D eigenvalue weighted by atomic mass is 9.93. The number of hydrogen-bond donors (Lipinski definition) is 2. The maximum atomic E-state index is 13.4. The topological polar surface area (TPSA) is 67.4 Å². The van der Waals surface area contributed by atoms with E-state index in [2.05, 4.69) is 47.9 Å². The normalized spacial score (nSPS) is 11.6. The van der Waals surface area contributed by atoms with Crippen molar-refractivity contribution in [1.29, 1.82) is 0 Å². The second-order valence-electron chi connectivity index (χ2n) is 9.18. The number of unbranched alkanes of at least 4 members (excludes halogenated alkanes) is 1. The largest absolute Gasteiger partial charge is 0.467 e. The van der Waals surface area contributed by atoms with Crippen molar-refractivity contribution in [1.82, 2.24) is 5.32 Å². The molecule has 0 radical (unpaired) electrons. The Morgan fingerprint density at radius 2 is 1.70 bits per heavy atom. The molecule has 37 heavy (non-hydrogen) atoms. The molecule has 0 unspecified atom stereocenters. The third kappa shape index (κ3) is 8.12. The lowest BCUT2D eigenvalue weighted by Gasteiger charge is -2.19. The molecule has 0 saturated carbocycles. The lowest BCUT2D eigenvalue weighted by Crippen LogP contribution is -2.42. The van der Waals surface area contributed by atoms with E-state index >= 15 is 0 Å². The van der Waals surface area contributed by atoms with Crippen LogP contribution in [0.2, 0.25) is 0 Å². The summed E-state index contributed by atoms with van der Waals surface area (Å²) >= 11 is 1.63. The number of ether oxygens (including phenoxy) is 1. The zero-order valence-electron chi connectivity index (χ0n) is 22.3. The molecule has 1 amide bonds. The monoisotopic (exact) mass is 518 g/mol. The minimum absolute atomic E-state index is 0.281. The molecule has 3 rings (SSSR count). The van der Waals surface area contributed by atoms with Crippen LogP contribution in [0.4, 0.5) is 5.69 Å². The molecule has 0 fully saturated rings. The van der Waals surface area contributed by atoms with Crippen molar-refractivity contribution < 1.29 is 14.3 Å². The van der Waals surface area contributed by atoms with Crippen molar-refractivity contribution in [2.45, 2.75) is 52.1 Å². The molecule has 2 N–H and O–H groups in total. The number of rotatable bonds is 13. The first-order valence-corrected chi connectivity index (χ1v) is 14.3. The van der Waals surface area contributed by atoms with Crippen molar-refractivity contribution in [3.05, 3.63) is 89.0 Å². The van der Waals surface area contributed by atoms with Crippen LogP contribution in [0.1, 0.15) is 53.2 Å². The fourth-order valence-corrected chi connectivity index (χ4v) is 4.71. The van der Waals surface area contributed by atoms with Crippen LogP contribution in [0.5, 0.6) is 0 Å². The van der Waals surface area contributed by atoms with Gasteiger partial charge in [-0.3, -0.25) is 4.79 Å². The van der Waals surface area contributed by atoms with E-state index in [1.807, 2.05) is 49.6 Å². The standard InChI is InChI=1S/C31H38N2O3S/c1-5-6-10-23-12-15-25(16-13-23)32-21-24-14-17-27(28(20-24)26-11-8-7-9-22(26)2)30(34)33-29(18-19-37-4)31(35)36-3/h7-9,11-17,20,29,32H,5-6,10,18-19,21H2,1-4H3,(H,33,34)/t29-/m0/s1. The van der Waals surface area contributed by atoms with Crippen molar-refractivity contribution in [2.75, 3.05) is 24.4 Å². The third-order valence-electron chi connectivity index (χ3n) is 6.44. The Morgan fingerprint density at radius 3 is 2.38 bits per heavy atom. The van der Waals surface area contributed by atoms with E-state index in [0.29, 0.717) is 18.5 Å². The smallest absolute Gasteiger partial charge is 0.328 e. The first kappa shape index (κ1) is 28.3. The summed E-state index contributed by atoms with van der Waals surface area (Å²) in [7, 11) is 1.35. The highest BCUT2D eigenvalue weighted by Crippen LogP contribution is 2.29. The zero-order chi connectivity index (χ0) is 26.6. The Labute approximate surface area is 225 Å². The van der Waals surface area contributed by atoms with E-state index in [-0.39, 0.29) is 5.91 Å². The molecule has 3 aromatic rings. The first-order chi connectivity index (χ1) is 18.0. The molecule has 0 bridgehead atoms. The molecule has 6 heteroatoms. The average Bonchev–Trinajstić information content (AvgIpc) is 2.93. The summed E-state index contributed by atoms with van der Waals surface area (Å²) in [6.07, 6.45) is 5.98. The van der Waals surface area contributed by atoms with Gasteiger partial charge in [0.25, 0.3) is 5.91 Å². The molecule has 0 heterocycles. The van der Waals surface area contributed by atoms with Crippen LogP contribution in [-0.4, -0.2) is 37.0 Å². The van der Waals surface area contributed by atoms with Crippen LogP contribution in [0.15, 0.2) is 66.7 Å². The molecule has 5 nitrogen and oxygen atoms in total. The fraction of sp³-hybridized carbons (Fsp3) is 0.355. The molecule has 0 aliphatic carbocycles. The minimum atomic E-state index is -0.684. The molecular formula is C31H38N2O3S. The van der Waals surface area contributed by atoms with Gasteiger partial charge < -0.3 is 15.4 Å². The van der Waals surface area contributed by atoms with Gasteiger partial charge in [-0.25, -0.2) is 4.79 Å². The number of amides is 1. The van der Waals surface area contributed by atoms with E-state index in [9.17, 15) is 9.59 Å². The number of carbonyl (C=O) groups excluding carboxylic acids is 2. The van der Waals surface area contributed by atoms with E-state index < -0.39 is 12.0 Å². The highest BCUT2D eigenvalue weighted by Gasteiger charge is 2.23. The summed E-state index contributed by atoms with van der Waals surface area (Å²) in [5.41, 5.74) is 6.94. The van der Waals surface area contributed by atoms with Crippen molar-refractivity contribution in [3.8, 4) is 11.1 Å². The van der Waals surface area contributed by atoms with Crippen LogP contribution in [0.25, 0.3) is 11.1 Å². The Balaban J connectivity index is 1.84. The molecule has 3 aromatic carbocycles. The highest BCUT2D eigenvalue weighted by molar-refractivity contribution is 7.98. The highest BCUT2D eigenvalue weighted by atomic mass is 32.2. The lowest BCUT2D eigenvalue weighted by molar-refractivity contribution is -0.142. The van der Waals surface area contributed by atoms with Gasteiger partial charge in [0, 0.05) is 17.8 Å². The van der Waals surface area contributed by atoms with E-state index in [4.69, 9.17) is 4.74 Å². The summed E-state index contributed by atoms with van der Waals surface area (Å²) in [5, 5.41) is 6.40. The van der Waals surface area contributed by atoms with Gasteiger partial charge >= 0.3 is 5.97 Å². The molecule has 196 valence electrons. The summed E-state index contributed by atoms with van der Waals surface area (Å²) in [6, 6.07) is 21.8. The second kappa shape index (κ2) is 14.5. The molecule has 0 spiro atoms. The molecule has 0 aliphatic heterocycles. The van der Waals surface area contributed by atoms with E-state index in [0.717, 1.165) is 40.1 Å². The maximum absolute atomic E-state index is 13.4. The quantitative estimate of drug-likeness (QED) is 0.248. The summed E-state index contributed by atoms with van der Waals surface area (Å²) in [4.78, 5) is 25.7. The Kier molecular flexibility index (Phi) is 11.1. The van der Waals surface area contributed by atoms with Gasteiger partial charge in [0.2, 0.25) is 0 Å². The SMILES string of the molecule is CCCCc1ccc(NCc2ccc(C(=O)N[C@@H](CCSC)C(=O)OC)c(-c3ccccc3C)c2)cc1. The molecule has 1 atom stereocenters. The van der Waals surface area contributed by atoms with E-state index in [1.54, 1.807) is 11.8 Å².